The van der Waals surface area contributed by atoms with E-state index in [0.717, 1.165) is 12.0 Å². The van der Waals surface area contributed by atoms with E-state index in [-0.39, 0.29) is 11.9 Å². The second-order valence-corrected chi connectivity index (χ2v) is 3.03. The molecule has 12 heavy (non-hydrogen) atoms. The number of hydrogen-bond donors (Lipinski definition) is 0. The highest BCUT2D eigenvalue weighted by atomic mass is 16.5. The molecule has 1 saturated carbocycles. The van der Waals surface area contributed by atoms with Crippen molar-refractivity contribution in [3.63, 3.8) is 0 Å². The molecule has 0 radical (unpaired) electrons. The van der Waals surface area contributed by atoms with Gasteiger partial charge >= 0.3 is 5.97 Å². The van der Waals surface area contributed by atoms with E-state index >= 15 is 0 Å². The number of carbonyl (C=O) groups excluding carboxylic acids is 1. The summed E-state index contributed by atoms with van der Waals surface area (Å²) in [6.45, 7) is 0. The van der Waals surface area contributed by atoms with Gasteiger partial charge in [-0.25, -0.2) is 0 Å². The zero-order valence-electron chi connectivity index (χ0n) is 6.82. The highest BCUT2D eigenvalue weighted by molar-refractivity contribution is 5.77. The Kier molecular flexibility index (Phi) is 1.64. The Morgan fingerprint density at radius 1 is 1.75 bits per heavy atom. The fourth-order valence-electron chi connectivity index (χ4n) is 1.46. The van der Waals surface area contributed by atoms with Gasteiger partial charge in [-0.2, -0.15) is 0 Å². The smallest absolute Gasteiger partial charge is 0.309 e. The van der Waals surface area contributed by atoms with Crippen molar-refractivity contribution in [2.75, 3.05) is 7.11 Å². The lowest BCUT2D eigenvalue weighted by molar-refractivity contribution is -0.142. The van der Waals surface area contributed by atoms with Crippen molar-refractivity contribution >= 4 is 5.97 Å². The first-order chi connectivity index (χ1) is 5.83. The van der Waals surface area contributed by atoms with Crippen molar-refractivity contribution in [1.29, 1.82) is 0 Å². The van der Waals surface area contributed by atoms with E-state index in [0.29, 0.717) is 5.92 Å². The van der Waals surface area contributed by atoms with E-state index in [1.165, 1.54) is 7.11 Å². The third-order valence-corrected chi connectivity index (χ3v) is 2.27. The predicted molar refractivity (Wildman–Crippen MR) is 41.6 cm³/mol. The molecule has 3 heteroatoms. The molecule has 0 unspecified atom stereocenters. The van der Waals surface area contributed by atoms with Crippen LogP contribution in [0.1, 0.15) is 17.9 Å². The summed E-state index contributed by atoms with van der Waals surface area (Å²) in [4.78, 5) is 11.0. The van der Waals surface area contributed by atoms with E-state index in [1.54, 1.807) is 12.5 Å². The van der Waals surface area contributed by atoms with Crippen LogP contribution in [0.5, 0.6) is 0 Å². The van der Waals surface area contributed by atoms with Gasteiger partial charge in [-0.05, 0) is 18.1 Å². The Balaban J connectivity index is 2.01. The van der Waals surface area contributed by atoms with Crippen LogP contribution in [-0.4, -0.2) is 13.1 Å². The molecule has 0 amide bonds. The first kappa shape index (κ1) is 7.40. The number of carbonyl (C=O) groups is 1. The van der Waals surface area contributed by atoms with Crippen molar-refractivity contribution in [2.45, 2.75) is 12.3 Å². The lowest BCUT2D eigenvalue weighted by Crippen LogP contribution is -2.03. The van der Waals surface area contributed by atoms with Gasteiger partial charge in [0.1, 0.15) is 0 Å². The normalized spacial score (nSPS) is 26.8. The minimum Gasteiger partial charge on any atom is -0.472 e. The zero-order valence-corrected chi connectivity index (χ0v) is 6.82. The number of rotatable bonds is 2. The van der Waals surface area contributed by atoms with E-state index in [1.807, 2.05) is 6.07 Å². The van der Waals surface area contributed by atoms with Gasteiger partial charge in [-0.15, -0.1) is 0 Å². The number of methoxy groups -OCH3 is 1. The molecular weight excluding hydrogens is 156 g/mol. The average Bonchev–Trinajstić information content (AvgIpc) is 2.71. The molecule has 0 N–H and O–H groups in total. The maximum atomic E-state index is 11.0. The third kappa shape index (κ3) is 1.11. The molecule has 0 bridgehead atoms. The maximum Gasteiger partial charge on any atom is 0.309 e. The van der Waals surface area contributed by atoms with Gasteiger partial charge in [-0.3, -0.25) is 4.79 Å². The van der Waals surface area contributed by atoms with Gasteiger partial charge in [0.2, 0.25) is 0 Å². The molecule has 0 aromatic carbocycles. The minimum absolute atomic E-state index is 0.0626. The zero-order chi connectivity index (χ0) is 8.55. The van der Waals surface area contributed by atoms with Gasteiger partial charge in [0.05, 0.1) is 25.6 Å². The number of hydrogen-bond acceptors (Lipinski definition) is 3. The Hall–Kier alpha value is -1.25. The summed E-state index contributed by atoms with van der Waals surface area (Å²) in [5.74, 6) is 0.282. The Labute approximate surface area is 70.3 Å². The average molecular weight is 166 g/mol. The second kappa shape index (κ2) is 2.66. The van der Waals surface area contributed by atoms with Crippen LogP contribution in [0.2, 0.25) is 0 Å². The molecule has 1 aromatic rings. The number of ether oxygens (including phenoxy) is 1. The van der Waals surface area contributed by atoms with Crippen molar-refractivity contribution < 1.29 is 13.9 Å². The van der Waals surface area contributed by atoms with Crippen LogP contribution in [-0.2, 0) is 9.53 Å². The van der Waals surface area contributed by atoms with Crippen LogP contribution in [0.4, 0.5) is 0 Å². The number of furan rings is 1. The quantitative estimate of drug-likeness (QED) is 0.626. The van der Waals surface area contributed by atoms with Crippen LogP contribution in [0, 0.1) is 5.92 Å². The fraction of sp³-hybridized carbons (Fsp3) is 0.444. The monoisotopic (exact) mass is 166 g/mol. The van der Waals surface area contributed by atoms with Gasteiger partial charge < -0.3 is 9.15 Å². The first-order valence-electron chi connectivity index (χ1n) is 3.93. The molecule has 1 aliphatic carbocycles. The van der Waals surface area contributed by atoms with Gasteiger partial charge in [0.25, 0.3) is 0 Å². The molecule has 1 aromatic heterocycles. The summed E-state index contributed by atoms with van der Waals surface area (Å²) >= 11 is 0. The van der Waals surface area contributed by atoms with Gasteiger partial charge in [0, 0.05) is 5.92 Å². The second-order valence-electron chi connectivity index (χ2n) is 3.03. The minimum atomic E-state index is -0.110. The summed E-state index contributed by atoms with van der Waals surface area (Å²) in [6, 6.07) is 1.90. The summed E-state index contributed by atoms with van der Waals surface area (Å²) in [5, 5.41) is 0. The van der Waals surface area contributed by atoms with Crippen LogP contribution < -0.4 is 0 Å². The van der Waals surface area contributed by atoms with E-state index in [2.05, 4.69) is 4.74 Å². The van der Waals surface area contributed by atoms with Crippen LogP contribution in [0.25, 0.3) is 0 Å². The van der Waals surface area contributed by atoms with Crippen LogP contribution >= 0.6 is 0 Å². The Morgan fingerprint density at radius 3 is 3.17 bits per heavy atom. The molecule has 2 rings (SSSR count). The van der Waals surface area contributed by atoms with Crippen molar-refractivity contribution in [1.82, 2.24) is 0 Å². The van der Waals surface area contributed by atoms with Gasteiger partial charge in [0.15, 0.2) is 0 Å². The predicted octanol–water partition coefficient (Wildman–Crippen LogP) is 1.56. The Morgan fingerprint density at radius 2 is 2.58 bits per heavy atom. The molecule has 3 nitrogen and oxygen atoms in total. The van der Waals surface area contributed by atoms with Crippen molar-refractivity contribution in [3.05, 3.63) is 24.2 Å². The molecule has 1 aliphatic rings. The highest BCUT2D eigenvalue weighted by Gasteiger charge is 2.45. The van der Waals surface area contributed by atoms with E-state index in [9.17, 15) is 4.79 Å². The topological polar surface area (TPSA) is 39.4 Å². The summed E-state index contributed by atoms with van der Waals surface area (Å²) in [7, 11) is 1.42. The Bertz CT molecular complexity index is 276. The maximum absolute atomic E-state index is 11.0. The highest BCUT2D eigenvalue weighted by Crippen LogP contribution is 2.48. The fourth-order valence-corrected chi connectivity index (χ4v) is 1.46. The molecule has 0 saturated heterocycles. The molecule has 64 valence electrons. The van der Waals surface area contributed by atoms with E-state index in [4.69, 9.17) is 4.42 Å². The van der Waals surface area contributed by atoms with Crippen molar-refractivity contribution in [3.8, 4) is 0 Å². The lowest BCUT2D eigenvalue weighted by Gasteiger charge is -1.94. The standard InChI is InChI=1S/C9H10O3/c1-11-9(10)8-4-7(8)6-2-3-12-5-6/h2-3,5,7-8H,4H2,1H3/t7-,8+/m0/s1. The summed E-state index contributed by atoms with van der Waals surface area (Å²) < 4.78 is 9.56. The SMILES string of the molecule is COC(=O)[C@@H]1C[C@H]1c1ccoc1. The largest absolute Gasteiger partial charge is 0.472 e. The first-order valence-corrected chi connectivity index (χ1v) is 3.93. The van der Waals surface area contributed by atoms with E-state index < -0.39 is 0 Å². The van der Waals surface area contributed by atoms with Crippen LogP contribution in [0.15, 0.2) is 23.0 Å². The summed E-state index contributed by atoms with van der Waals surface area (Å²) in [6.07, 6.45) is 4.21. The molecule has 0 spiro atoms. The molecular formula is C9H10O3. The van der Waals surface area contributed by atoms with Crippen LogP contribution in [0.3, 0.4) is 0 Å². The third-order valence-electron chi connectivity index (χ3n) is 2.27. The molecule has 0 aliphatic heterocycles. The molecule has 1 heterocycles. The molecule has 1 fully saturated rings. The molecule has 2 atom stereocenters. The lowest BCUT2D eigenvalue weighted by atomic mass is 10.2. The number of esters is 1. The summed E-state index contributed by atoms with van der Waals surface area (Å²) in [5.41, 5.74) is 1.10. The van der Waals surface area contributed by atoms with Crippen molar-refractivity contribution in [2.24, 2.45) is 5.92 Å². The van der Waals surface area contributed by atoms with Gasteiger partial charge in [-0.1, -0.05) is 0 Å².